The van der Waals surface area contributed by atoms with E-state index in [4.69, 9.17) is 9.84 Å². The van der Waals surface area contributed by atoms with Crippen LogP contribution in [0.1, 0.15) is 18.5 Å². The Bertz CT molecular complexity index is 427. The second-order valence-electron chi connectivity index (χ2n) is 5.19. The van der Waals surface area contributed by atoms with Crippen molar-refractivity contribution in [1.82, 2.24) is 15.2 Å². The molecule has 0 saturated carbocycles. The lowest BCUT2D eigenvalue weighted by molar-refractivity contribution is -0.123. The summed E-state index contributed by atoms with van der Waals surface area (Å²) in [6.07, 6.45) is 3.85. The summed E-state index contributed by atoms with van der Waals surface area (Å²) in [5.74, 6) is 0.00320. The predicted octanol–water partition coefficient (Wildman–Crippen LogP) is 0.171. The number of aliphatic hydroxyl groups is 1. The van der Waals surface area contributed by atoms with Gasteiger partial charge < -0.3 is 15.2 Å². The van der Waals surface area contributed by atoms with Gasteiger partial charge in [0.05, 0.1) is 38.1 Å². The highest BCUT2D eigenvalue weighted by Gasteiger charge is 2.21. The smallest absolute Gasteiger partial charge is 0.234 e. The molecular weight excluding hydrogens is 270 g/mol. The van der Waals surface area contributed by atoms with Crippen LogP contribution in [0.4, 0.5) is 0 Å². The molecule has 2 N–H and O–H groups in total. The molecule has 6 heteroatoms. The third kappa shape index (κ3) is 5.79. The fourth-order valence-electron chi connectivity index (χ4n) is 2.46. The largest absolute Gasteiger partial charge is 0.394 e. The van der Waals surface area contributed by atoms with Gasteiger partial charge >= 0.3 is 0 Å². The van der Waals surface area contributed by atoms with Gasteiger partial charge in [-0.3, -0.25) is 14.7 Å². The molecular formula is C15H23N3O3. The van der Waals surface area contributed by atoms with E-state index in [1.165, 1.54) is 0 Å². The maximum Gasteiger partial charge on any atom is 0.234 e. The number of ether oxygens (including phenoxy) is 1. The molecule has 0 aromatic carbocycles. The van der Waals surface area contributed by atoms with Crippen LogP contribution < -0.4 is 5.32 Å². The Morgan fingerprint density at radius 1 is 1.52 bits per heavy atom. The average Bonchev–Trinajstić information content (AvgIpc) is 2.52. The van der Waals surface area contributed by atoms with Gasteiger partial charge in [-0.15, -0.1) is 0 Å². The zero-order valence-corrected chi connectivity index (χ0v) is 12.2. The highest BCUT2D eigenvalue weighted by Crippen LogP contribution is 2.12. The first-order valence-electron chi connectivity index (χ1n) is 7.39. The molecule has 1 aromatic heterocycles. The number of aromatic nitrogens is 1. The van der Waals surface area contributed by atoms with Crippen LogP contribution in [-0.4, -0.2) is 59.8 Å². The van der Waals surface area contributed by atoms with Crippen molar-refractivity contribution < 1.29 is 14.6 Å². The Morgan fingerprint density at radius 2 is 2.43 bits per heavy atom. The van der Waals surface area contributed by atoms with Crippen LogP contribution >= 0.6 is 0 Å². The summed E-state index contributed by atoms with van der Waals surface area (Å²) in [5.41, 5.74) is 0.855. The van der Waals surface area contributed by atoms with E-state index in [2.05, 4.69) is 15.2 Å². The zero-order chi connectivity index (χ0) is 14.9. The minimum Gasteiger partial charge on any atom is -0.394 e. The number of hydrogen-bond acceptors (Lipinski definition) is 5. The van der Waals surface area contributed by atoms with Crippen molar-refractivity contribution in [3.8, 4) is 0 Å². The quantitative estimate of drug-likeness (QED) is 0.750. The lowest BCUT2D eigenvalue weighted by Gasteiger charge is -2.31. The van der Waals surface area contributed by atoms with E-state index in [0.717, 1.165) is 31.6 Å². The van der Waals surface area contributed by atoms with Crippen molar-refractivity contribution in [2.45, 2.75) is 25.5 Å². The maximum absolute atomic E-state index is 11.9. The highest BCUT2D eigenvalue weighted by atomic mass is 16.5. The maximum atomic E-state index is 11.9. The first-order valence-corrected chi connectivity index (χ1v) is 7.39. The van der Waals surface area contributed by atoms with Crippen LogP contribution in [-0.2, 0) is 16.1 Å². The number of likely N-dealkylation sites (tertiary alicyclic amines) is 1. The number of aliphatic hydroxyl groups excluding tert-OH is 1. The molecule has 1 aliphatic rings. The van der Waals surface area contributed by atoms with Crippen molar-refractivity contribution >= 4 is 5.91 Å². The molecule has 1 aromatic rings. The molecule has 0 bridgehead atoms. The summed E-state index contributed by atoms with van der Waals surface area (Å²) in [7, 11) is 0. The number of hydrogen-bond donors (Lipinski definition) is 2. The topological polar surface area (TPSA) is 74.7 Å². The molecule has 1 aliphatic heterocycles. The zero-order valence-electron chi connectivity index (χ0n) is 12.2. The van der Waals surface area contributed by atoms with Crippen LogP contribution in [0.15, 0.2) is 24.4 Å². The number of piperidine rings is 1. The van der Waals surface area contributed by atoms with E-state index < -0.39 is 0 Å². The SMILES string of the molecule is O=C(CN1CCCC(OCCO)C1)NCc1ccccn1. The minimum atomic E-state index is 0.00320. The monoisotopic (exact) mass is 293 g/mol. The molecule has 2 rings (SSSR count). The van der Waals surface area contributed by atoms with Gasteiger partial charge in [0, 0.05) is 12.7 Å². The fraction of sp³-hybridized carbons (Fsp3) is 0.600. The van der Waals surface area contributed by atoms with E-state index in [0.29, 0.717) is 19.7 Å². The van der Waals surface area contributed by atoms with Crippen LogP contribution in [0.2, 0.25) is 0 Å². The number of carbonyl (C=O) groups is 1. The molecule has 0 radical (unpaired) electrons. The number of pyridine rings is 1. The molecule has 0 spiro atoms. The average molecular weight is 293 g/mol. The molecule has 1 fully saturated rings. The van der Waals surface area contributed by atoms with E-state index in [1.807, 2.05) is 18.2 Å². The standard InChI is InChI=1S/C15H23N3O3/c19-8-9-21-14-5-3-7-18(11-14)12-15(20)17-10-13-4-1-2-6-16-13/h1-2,4,6,14,19H,3,5,7-12H2,(H,17,20). The number of nitrogens with one attached hydrogen (secondary N) is 1. The summed E-state index contributed by atoms with van der Waals surface area (Å²) in [6.45, 7) is 2.90. The van der Waals surface area contributed by atoms with E-state index in [-0.39, 0.29) is 18.6 Å². The normalized spacial score (nSPS) is 19.4. The summed E-state index contributed by atoms with van der Waals surface area (Å²) < 4.78 is 5.54. The third-order valence-corrected chi connectivity index (χ3v) is 3.47. The van der Waals surface area contributed by atoms with E-state index in [9.17, 15) is 4.79 Å². The Hall–Kier alpha value is -1.50. The summed E-state index contributed by atoms with van der Waals surface area (Å²) >= 11 is 0. The highest BCUT2D eigenvalue weighted by molar-refractivity contribution is 5.77. The second kappa shape index (κ2) is 8.71. The number of nitrogens with zero attached hydrogens (tertiary/aromatic N) is 2. The molecule has 0 aliphatic carbocycles. The van der Waals surface area contributed by atoms with E-state index in [1.54, 1.807) is 6.20 Å². The fourth-order valence-corrected chi connectivity index (χ4v) is 2.46. The third-order valence-electron chi connectivity index (χ3n) is 3.47. The van der Waals surface area contributed by atoms with Gasteiger partial charge in [-0.25, -0.2) is 0 Å². The lowest BCUT2D eigenvalue weighted by Crippen LogP contribution is -2.45. The lowest BCUT2D eigenvalue weighted by atomic mass is 10.1. The van der Waals surface area contributed by atoms with Gasteiger partial charge in [0.15, 0.2) is 0 Å². The Morgan fingerprint density at radius 3 is 3.19 bits per heavy atom. The molecule has 6 nitrogen and oxygen atoms in total. The van der Waals surface area contributed by atoms with Crippen molar-refractivity contribution in [2.24, 2.45) is 0 Å². The van der Waals surface area contributed by atoms with Crippen molar-refractivity contribution in [3.05, 3.63) is 30.1 Å². The van der Waals surface area contributed by atoms with Crippen molar-refractivity contribution in [1.29, 1.82) is 0 Å². The molecule has 1 amide bonds. The van der Waals surface area contributed by atoms with Crippen molar-refractivity contribution in [3.63, 3.8) is 0 Å². The minimum absolute atomic E-state index is 0.00320. The predicted molar refractivity (Wildman–Crippen MR) is 78.6 cm³/mol. The Labute approximate surface area is 125 Å². The van der Waals surface area contributed by atoms with Gasteiger partial charge in [-0.1, -0.05) is 6.07 Å². The Kier molecular flexibility index (Phi) is 6.59. The molecule has 116 valence electrons. The molecule has 1 saturated heterocycles. The van der Waals surface area contributed by atoms with Gasteiger partial charge in [0.25, 0.3) is 0 Å². The van der Waals surface area contributed by atoms with Crippen molar-refractivity contribution in [2.75, 3.05) is 32.8 Å². The van der Waals surface area contributed by atoms with E-state index >= 15 is 0 Å². The summed E-state index contributed by atoms with van der Waals surface area (Å²) in [4.78, 5) is 18.2. The number of carbonyl (C=O) groups excluding carboxylic acids is 1. The van der Waals surface area contributed by atoms with Gasteiger partial charge in [-0.2, -0.15) is 0 Å². The Balaban J connectivity index is 1.69. The number of rotatable bonds is 7. The van der Waals surface area contributed by atoms with Gasteiger partial charge in [-0.05, 0) is 31.5 Å². The molecule has 1 atom stereocenters. The summed E-state index contributed by atoms with van der Waals surface area (Å²) in [6, 6.07) is 5.65. The molecule has 2 heterocycles. The number of amides is 1. The second-order valence-corrected chi connectivity index (χ2v) is 5.19. The first kappa shape index (κ1) is 15.9. The van der Waals surface area contributed by atoms with Crippen LogP contribution in [0.5, 0.6) is 0 Å². The molecule has 21 heavy (non-hydrogen) atoms. The van der Waals surface area contributed by atoms with Gasteiger partial charge in [0.2, 0.25) is 5.91 Å². The van der Waals surface area contributed by atoms with Crippen LogP contribution in [0, 0.1) is 0 Å². The molecule has 1 unspecified atom stereocenters. The van der Waals surface area contributed by atoms with Crippen LogP contribution in [0.25, 0.3) is 0 Å². The van der Waals surface area contributed by atoms with Crippen LogP contribution in [0.3, 0.4) is 0 Å². The van der Waals surface area contributed by atoms with Gasteiger partial charge in [0.1, 0.15) is 0 Å². The summed E-state index contributed by atoms with van der Waals surface area (Å²) in [5, 5.41) is 11.7. The first-order chi connectivity index (χ1) is 10.3.